The van der Waals surface area contributed by atoms with Crippen molar-refractivity contribution < 1.29 is 13.2 Å². The van der Waals surface area contributed by atoms with Crippen LogP contribution in [-0.2, 0) is 16.6 Å². The number of hydrogen-bond acceptors (Lipinski definition) is 5. The molecule has 0 bridgehead atoms. The molecular weight excluding hydrogens is 402 g/mol. The Morgan fingerprint density at radius 3 is 2.61 bits per heavy atom. The van der Waals surface area contributed by atoms with Crippen LogP contribution in [0.3, 0.4) is 0 Å². The summed E-state index contributed by atoms with van der Waals surface area (Å²) in [5, 5.41) is 15.7. The molecule has 0 fully saturated rings. The molecule has 28 heavy (non-hydrogen) atoms. The molecule has 0 saturated carbocycles. The normalized spacial score (nSPS) is 11.9. The van der Waals surface area contributed by atoms with Gasteiger partial charge < -0.3 is 5.32 Å². The van der Waals surface area contributed by atoms with Crippen molar-refractivity contribution in [1.29, 1.82) is 5.26 Å². The first-order valence-corrected chi connectivity index (χ1v) is 10.4. The Balaban J connectivity index is 2.32. The molecule has 1 amide bonds. The number of sulfonamides is 1. The first kappa shape index (κ1) is 21.9. The second kappa shape index (κ2) is 8.31. The van der Waals surface area contributed by atoms with E-state index in [2.05, 4.69) is 15.1 Å². The Kier molecular flexibility index (Phi) is 6.49. The third-order valence-electron chi connectivity index (χ3n) is 3.50. The fraction of sp³-hybridized carbons (Fsp3) is 0.389. The number of rotatable bonds is 6. The van der Waals surface area contributed by atoms with Crippen LogP contribution in [0.5, 0.6) is 0 Å². The van der Waals surface area contributed by atoms with E-state index in [-0.39, 0.29) is 21.9 Å². The third kappa shape index (κ3) is 5.55. The van der Waals surface area contributed by atoms with Crippen LogP contribution in [-0.4, -0.2) is 29.6 Å². The quantitative estimate of drug-likeness (QED) is 0.740. The zero-order valence-electron chi connectivity index (χ0n) is 16.1. The molecule has 2 rings (SSSR count). The highest BCUT2D eigenvalue weighted by atomic mass is 35.5. The Bertz CT molecular complexity index is 1030. The number of nitrogens with one attached hydrogen (secondary N) is 2. The highest BCUT2D eigenvalue weighted by molar-refractivity contribution is 7.89. The minimum absolute atomic E-state index is 0.0169. The second-order valence-electron chi connectivity index (χ2n) is 7.26. The van der Waals surface area contributed by atoms with Gasteiger partial charge in [-0.2, -0.15) is 10.4 Å². The number of aromatic nitrogens is 2. The van der Waals surface area contributed by atoms with Gasteiger partial charge in [0, 0.05) is 17.2 Å². The number of carbonyl (C=O) groups excluding carboxylic acids is 1. The van der Waals surface area contributed by atoms with Gasteiger partial charge in [-0.05, 0) is 45.9 Å². The minimum atomic E-state index is -3.91. The molecule has 0 spiro atoms. The molecule has 0 aliphatic rings. The average molecular weight is 424 g/mol. The summed E-state index contributed by atoms with van der Waals surface area (Å²) in [5.74, 6) is -0.0908. The number of carbonyl (C=O) groups is 1. The average Bonchev–Trinajstić information content (AvgIpc) is 2.90. The molecular formula is C18H22ClN5O3S. The number of anilines is 1. The Morgan fingerprint density at radius 2 is 2.00 bits per heavy atom. The molecule has 0 aliphatic carbocycles. The topological polar surface area (TPSA) is 117 Å². The molecule has 1 heterocycles. The SMILES string of the molecule is Cc1cc(NC(=O)c2ccc(Cl)c(S(=O)(=O)NC(C)(C)C)c2)n(CCC#N)n1. The molecule has 0 atom stereocenters. The zero-order chi connectivity index (χ0) is 21.1. The first-order chi connectivity index (χ1) is 12.9. The van der Waals surface area contributed by atoms with E-state index in [0.29, 0.717) is 18.1 Å². The van der Waals surface area contributed by atoms with Crippen molar-refractivity contribution in [2.45, 2.75) is 51.1 Å². The summed E-state index contributed by atoms with van der Waals surface area (Å²) < 4.78 is 29.2. The summed E-state index contributed by atoms with van der Waals surface area (Å²) >= 11 is 6.06. The fourth-order valence-corrected chi connectivity index (χ4v) is 4.41. The van der Waals surface area contributed by atoms with Gasteiger partial charge in [-0.15, -0.1) is 0 Å². The van der Waals surface area contributed by atoms with E-state index >= 15 is 0 Å². The van der Waals surface area contributed by atoms with Crippen LogP contribution >= 0.6 is 11.6 Å². The number of halogens is 1. The maximum Gasteiger partial charge on any atom is 0.256 e. The minimum Gasteiger partial charge on any atom is -0.307 e. The van der Waals surface area contributed by atoms with Gasteiger partial charge in [-0.25, -0.2) is 17.8 Å². The summed E-state index contributed by atoms with van der Waals surface area (Å²) in [6, 6.07) is 7.73. The number of nitriles is 1. The zero-order valence-corrected chi connectivity index (χ0v) is 17.6. The molecule has 2 N–H and O–H groups in total. The standard InChI is InChI=1S/C18H22ClN5O3S/c1-12-10-16(24(22-12)9-5-8-20)21-17(25)13-6-7-14(19)15(11-13)28(26,27)23-18(2,3)4/h6-7,10-11,23H,5,9H2,1-4H3,(H,21,25). The number of nitrogens with zero attached hydrogens (tertiary/aromatic N) is 3. The number of aryl methyl sites for hydroxylation is 2. The molecule has 150 valence electrons. The molecule has 8 nitrogen and oxygen atoms in total. The highest BCUT2D eigenvalue weighted by Crippen LogP contribution is 2.24. The van der Waals surface area contributed by atoms with Crippen molar-refractivity contribution in [3.63, 3.8) is 0 Å². The Labute approximate surface area is 169 Å². The fourth-order valence-electron chi connectivity index (χ4n) is 2.47. The largest absolute Gasteiger partial charge is 0.307 e. The smallest absolute Gasteiger partial charge is 0.256 e. The van der Waals surface area contributed by atoms with E-state index in [9.17, 15) is 13.2 Å². The summed E-state index contributed by atoms with van der Waals surface area (Å²) in [7, 11) is -3.91. The van der Waals surface area contributed by atoms with E-state index in [0.717, 1.165) is 0 Å². The predicted octanol–water partition coefficient (Wildman–Crippen LogP) is 3.09. The van der Waals surface area contributed by atoms with Crippen molar-refractivity contribution in [1.82, 2.24) is 14.5 Å². The molecule has 0 saturated heterocycles. The van der Waals surface area contributed by atoms with Crippen molar-refractivity contribution in [3.8, 4) is 6.07 Å². The summed E-state index contributed by atoms with van der Waals surface area (Å²) in [4.78, 5) is 12.5. The van der Waals surface area contributed by atoms with Gasteiger partial charge in [0.25, 0.3) is 5.91 Å². The van der Waals surface area contributed by atoms with Crippen LogP contribution in [0.25, 0.3) is 0 Å². The van der Waals surface area contributed by atoms with Gasteiger partial charge in [-0.3, -0.25) is 4.79 Å². The van der Waals surface area contributed by atoms with Crippen LogP contribution in [0, 0.1) is 18.3 Å². The van der Waals surface area contributed by atoms with Gasteiger partial charge in [0.2, 0.25) is 10.0 Å². The summed E-state index contributed by atoms with van der Waals surface area (Å²) in [5.41, 5.74) is 0.108. The second-order valence-corrected chi connectivity index (χ2v) is 9.32. The lowest BCUT2D eigenvalue weighted by atomic mass is 10.1. The maximum absolute atomic E-state index is 12.6. The number of amides is 1. The molecule has 1 aromatic heterocycles. The molecule has 0 radical (unpaired) electrons. The van der Waals surface area contributed by atoms with Crippen molar-refractivity contribution in [2.75, 3.05) is 5.32 Å². The van der Waals surface area contributed by atoms with Crippen molar-refractivity contribution in [2.24, 2.45) is 0 Å². The number of benzene rings is 1. The molecule has 0 unspecified atom stereocenters. The Hall–Kier alpha value is -2.41. The highest BCUT2D eigenvalue weighted by Gasteiger charge is 2.25. The lowest BCUT2D eigenvalue weighted by Crippen LogP contribution is -2.40. The van der Waals surface area contributed by atoms with Crippen LogP contribution in [0.2, 0.25) is 5.02 Å². The summed E-state index contributed by atoms with van der Waals surface area (Å²) in [6.07, 6.45) is 0.242. The van der Waals surface area contributed by atoms with Crippen LogP contribution < -0.4 is 10.0 Å². The van der Waals surface area contributed by atoms with Gasteiger partial charge in [0.05, 0.1) is 29.8 Å². The Morgan fingerprint density at radius 1 is 1.32 bits per heavy atom. The van der Waals surface area contributed by atoms with Gasteiger partial charge in [-0.1, -0.05) is 11.6 Å². The third-order valence-corrected chi connectivity index (χ3v) is 5.74. The van der Waals surface area contributed by atoms with E-state index in [4.69, 9.17) is 16.9 Å². The van der Waals surface area contributed by atoms with Crippen molar-refractivity contribution in [3.05, 3.63) is 40.5 Å². The lowest BCUT2D eigenvalue weighted by molar-refractivity contribution is 0.102. The monoisotopic (exact) mass is 423 g/mol. The first-order valence-electron chi connectivity index (χ1n) is 8.49. The summed E-state index contributed by atoms with van der Waals surface area (Å²) in [6.45, 7) is 7.22. The van der Waals surface area contributed by atoms with E-state index in [1.54, 1.807) is 33.8 Å². The van der Waals surface area contributed by atoms with E-state index < -0.39 is 21.5 Å². The lowest BCUT2D eigenvalue weighted by Gasteiger charge is -2.21. The molecule has 10 heteroatoms. The predicted molar refractivity (Wildman–Crippen MR) is 107 cm³/mol. The number of hydrogen-bond donors (Lipinski definition) is 2. The van der Waals surface area contributed by atoms with E-state index in [1.165, 1.54) is 22.9 Å². The van der Waals surface area contributed by atoms with E-state index in [1.807, 2.05) is 6.07 Å². The molecule has 2 aromatic rings. The molecule has 0 aliphatic heterocycles. The van der Waals surface area contributed by atoms with Gasteiger partial charge >= 0.3 is 0 Å². The maximum atomic E-state index is 12.6. The van der Waals surface area contributed by atoms with Crippen molar-refractivity contribution >= 4 is 33.3 Å². The van der Waals surface area contributed by atoms with Gasteiger partial charge in [0.1, 0.15) is 10.7 Å². The van der Waals surface area contributed by atoms with Crippen LogP contribution in [0.15, 0.2) is 29.2 Å². The molecule has 1 aromatic carbocycles. The van der Waals surface area contributed by atoms with Gasteiger partial charge in [0.15, 0.2) is 0 Å². The van der Waals surface area contributed by atoms with Crippen LogP contribution in [0.4, 0.5) is 5.82 Å². The van der Waals surface area contributed by atoms with Crippen LogP contribution in [0.1, 0.15) is 43.2 Å².